The molecule has 2 aromatic rings. The molecule has 18 heavy (non-hydrogen) atoms. The Bertz CT molecular complexity index is 534. The van der Waals surface area contributed by atoms with Gasteiger partial charge < -0.3 is 9.73 Å². The highest BCUT2D eigenvalue weighted by molar-refractivity contribution is 5.63. The molecule has 0 aliphatic rings. The normalized spacial score (nSPS) is 11.2. The second-order valence-electron chi connectivity index (χ2n) is 4.62. The van der Waals surface area contributed by atoms with E-state index in [1.807, 2.05) is 6.92 Å². The largest absolute Gasteiger partial charge is 0.443 e. The quantitative estimate of drug-likeness (QED) is 0.902. The van der Waals surface area contributed by atoms with Crippen LogP contribution in [0, 0.1) is 12.7 Å². The molecule has 1 aromatic heterocycles. The zero-order valence-corrected chi connectivity index (χ0v) is 10.8. The van der Waals surface area contributed by atoms with E-state index in [4.69, 9.17) is 4.42 Å². The Labute approximate surface area is 106 Å². The van der Waals surface area contributed by atoms with Gasteiger partial charge in [-0.15, -0.1) is 0 Å². The minimum atomic E-state index is -0.269. The zero-order valence-electron chi connectivity index (χ0n) is 10.8. The number of hydrogen-bond donors (Lipinski definition) is 1. The SMILES string of the molecule is Cc1ccc(F)cc1-c1ocnc1CNC(C)C. The third kappa shape index (κ3) is 2.76. The lowest BCUT2D eigenvalue weighted by Gasteiger charge is -2.08. The molecule has 96 valence electrons. The molecule has 4 heteroatoms. The van der Waals surface area contributed by atoms with Crippen molar-refractivity contribution >= 4 is 0 Å². The Morgan fingerprint density at radius 1 is 1.39 bits per heavy atom. The molecule has 0 saturated heterocycles. The average Bonchev–Trinajstić information content (AvgIpc) is 2.77. The molecule has 0 aliphatic heterocycles. The molecule has 0 fully saturated rings. The van der Waals surface area contributed by atoms with Gasteiger partial charge >= 0.3 is 0 Å². The van der Waals surface area contributed by atoms with E-state index in [0.717, 1.165) is 16.8 Å². The van der Waals surface area contributed by atoms with Crippen molar-refractivity contribution in [3.05, 3.63) is 41.7 Å². The second-order valence-corrected chi connectivity index (χ2v) is 4.62. The number of nitrogens with zero attached hydrogens (tertiary/aromatic N) is 1. The van der Waals surface area contributed by atoms with E-state index in [1.165, 1.54) is 18.5 Å². The van der Waals surface area contributed by atoms with Crippen molar-refractivity contribution in [1.82, 2.24) is 10.3 Å². The Balaban J connectivity index is 2.33. The van der Waals surface area contributed by atoms with Gasteiger partial charge in [-0.2, -0.15) is 0 Å². The monoisotopic (exact) mass is 248 g/mol. The molecule has 0 radical (unpaired) electrons. The standard InChI is InChI=1S/C14H17FN2O/c1-9(2)16-7-13-14(18-8-17-13)12-6-11(15)5-4-10(12)3/h4-6,8-9,16H,7H2,1-3H3. The molecular formula is C14H17FN2O. The van der Waals surface area contributed by atoms with Gasteiger partial charge in [0.15, 0.2) is 12.2 Å². The van der Waals surface area contributed by atoms with E-state index in [-0.39, 0.29) is 5.82 Å². The number of benzene rings is 1. The number of nitrogens with one attached hydrogen (secondary N) is 1. The summed E-state index contributed by atoms with van der Waals surface area (Å²) in [6, 6.07) is 5.03. The number of halogens is 1. The van der Waals surface area contributed by atoms with Gasteiger partial charge in [-0.1, -0.05) is 19.9 Å². The molecule has 0 unspecified atom stereocenters. The van der Waals surface area contributed by atoms with Crippen LogP contribution in [0.1, 0.15) is 25.1 Å². The molecule has 1 heterocycles. The fourth-order valence-corrected chi connectivity index (χ4v) is 1.75. The summed E-state index contributed by atoms with van der Waals surface area (Å²) in [5, 5.41) is 3.28. The molecule has 0 bridgehead atoms. The van der Waals surface area contributed by atoms with Crippen LogP contribution in [0.25, 0.3) is 11.3 Å². The molecule has 1 aromatic carbocycles. The van der Waals surface area contributed by atoms with Crippen molar-refractivity contribution in [2.24, 2.45) is 0 Å². The van der Waals surface area contributed by atoms with Crippen molar-refractivity contribution < 1.29 is 8.81 Å². The lowest BCUT2D eigenvalue weighted by molar-refractivity contribution is 0.561. The summed E-state index contributed by atoms with van der Waals surface area (Å²) in [7, 11) is 0. The summed E-state index contributed by atoms with van der Waals surface area (Å²) >= 11 is 0. The van der Waals surface area contributed by atoms with Gasteiger partial charge in [-0.05, 0) is 24.6 Å². The van der Waals surface area contributed by atoms with Crippen molar-refractivity contribution in [3.8, 4) is 11.3 Å². The van der Waals surface area contributed by atoms with Crippen molar-refractivity contribution in [2.45, 2.75) is 33.4 Å². The summed E-state index contributed by atoms with van der Waals surface area (Å²) in [5.74, 6) is 0.370. The van der Waals surface area contributed by atoms with Crippen LogP contribution in [-0.4, -0.2) is 11.0 Å². The van der Waals surface area contributed by atoms with Crippen LogP contribution in [0.4, 0.5) is 4.39 Å². The van der Waals surface area contributed by atoms with Crippen molar-refractivity contribution in [3.63, 3.8) is 0 Å². The van der Waals surface area contributed by atoms with Crippen LogP contribution in [0.3, 0.4) is 0 Å². The van der Waals surface area contributed by atoms with Gasteiger partial charge in [0.05, 0.1) is 0 Å². The number of oxazole rings is 1. The number of hydrogen-bond acceptors (Lipinski definition) is 3. The minimum Gasteiger partial charge on any atom is -0.443 e. The maximum atomic E-state index is 13.3. The van der Waals surface area contributed by atoms with E-state index in [9.17, 15) is 4.39 Å². The number of rotatable bonds is 4. The maximum absolute atomic E-state index is 13.3. The van der Waals surface area contributed by atoms with Crippen LogP contribution < -0.4 is 5.32 Å². The Kier molecular flexibility index (Phi) is 3.77. The molecule has 1 N–H and O–H groups in total. The third-order valence-electron chi connectivity index (χ3n) is 2.76. The summed E-state index contributed by atoms with van der Waals surface area (Å²) in [6.07, 6.45) is 1.40. The van der Waals surface area contributed by atoms with Crippen LogP contribution in [0.5, 0.6) is 0 Å². The highest BCUT2D eigenvalue weighted by atomic mass is 19.1. The summed E-state index contributed by atoms with van der Waals surface area (Å²) < 4.78 is 18.7. The third-order valence-corrected chi connectivity index (χ3v) is 2.76. The summed E-state index contributed by atoms with van der Waals surface area (Å²) in [4.78, 5) is 4.18. The lowest BCUT2D eigenvalue weighted by atomic mass is 10.0. The highest BCUT2D eigenvalue weighted by Crippen LogP contribution is 2.27. The van der Waals surface area contributed by atoms with Gasteiger partial charge in [0.1, 0.15) is 11.5 Å². The van der Waals surface area contributed by atoms with Crippen LogP contribution in [0.2, 0.25) is 0 Å². The molecule has 0 spiro atoms. The summed E-state index contributed by atoms with van der Waals surface area (Å²) in [5.41, 5.74) is 2.53. The highest BCUT2D eigenvalue weighted by Gasteiger charge is 2.13. The molecule has 0 saturated carbocycles. The van der Waals surface area contributed by atoms with Gasteiger partial charge in [-0.3, -0.25) is 0 Å². The van der Waals surface area contributed by atoms with E-state index in [1.54, 1.807) is 6.07 Å². The Hall–Kier alpha value is -1.68. The smallest absolute Gasteiger partial charge is 0.181 e. The average molecular weight is 248 g/mol. The first kappa shape index (κ1) is 12.8. The zero-order chi connectivity index (χ0) is 13.1. The maximum Gasteiger partial charge on any atom is 0.181 e. The topological polar surface area (TPSA) is 38.1 Å². The van der Waals surface area contributed by atoms with E-state index in [2.05, 4.69) is 24.1 Å². The van der Waals surface area contributed by atoms with Gasteiger partial charge in [0.2, 0.25) is 0 Å². The van der Waals surface area contributed by atoms with Crippen LogP contribution in [-0.2, 0) is 6.54 Å². The minimum absolute atomic E-state index is 0.269. The van der Waals surface area contributed by atoms with Crippen LogP contribution in [0.15, 0.2) is 29.0 Å². The van der Waals surface area contributed by atoms with E-state index < -0.39 is 0 Å². The number of aryl methyl sites for hydroxylation is 1. The fraction of sp³-hybridized carbons (Fsp3) is 0.357. The molecule has 0 atom stereocenters. The molecular weight excluding hydrogens is 231 g/mol. The fourth-order valence-electron chi connectivity index (χ4n) is 1.75. The first-order chi connectivity index (χ1) is 8.58. The summed E-state index contributed by atoms with van der Waals surface area (Å²) in [6.45, 7) is 6.66. The van der Waals surface area contributed by atoms with Gasteiger partial charge in [-0.25, -0.2) is 9.37 Å². The van der Waals surface area contributed by atoms with Crippen LogP contribution >= 0.6 is 0 Å². The lowest BCUT2D eigenvalue weighted by Crippen LogP contribution is -2.22. The molecule has 2 rings (SSSR count). The first-order valence-corrected chi connectivity index (χ1v) is 6.00. The molecule has 0 aliphatic carbocycles. The molecule has 0 amide bonds. The van der Waals surface area contributed by atoms with Crippen molar-refractivity contribution in [2.75, 3.05) is 0 Å². The first-order valence-electron chi connectivity index (χ1n) is 6.00. The Morgan fingerprint density at radius 3 is 2.89 bits per heavy atom. The van der Waals surface area contributed by atoms with E-state index in [0.29, 0.717) is 18.3 Å². The van der Waals surface area contributed by atoms with E-state index >= 15 is 0 Å². The predicted molar refractivity (Wildman–Crippen MR) is 68.6 cm³/mol. The van der Waals surface area contributed by atoms with Gasteiger partial charge in [0, 0.05) is 18.2 Å². The van der Waals surface area contributed by atoms with Crippen molar-refractivity contribution in [1.29, 1.82) is 0 Å². The number of aromatic nitrogens is 1. The molecule has 3 nitrogen and oxygen atoms in total. The Morgan fingerprint density at radius 2 is 2.17 bits per heavy atom. The predicted octanol–water partition coefficient (Wildman–Crippen LogP) is 3.29. The second kappa shape index (κ2) is 5.31. The van der Waals surface area contributed by atoms with Gasteiger partial charge in [0.25, 0.3) is 0 Å².